The van der Waals surface area contributed by atoms with E-state index in [2.05, 4.69) is 44.7 Å². The maximum Gasteiger partial charge on any atom is 0.0399 e. The molecule has 0 aliphatic carbocycles. The van der Waals surface area contributed by atoms with Gasteiger partial charge in [-0.3, -0.25) is 0 Å². The SMILES string of the molecule is CCN(CC)c1cc(C)c(N)cc1C. The molecular weight excluding hydrogens is 172 g/mol. The van der Waals surface area contributed by atoms with Crippen molar-refractivity contribution in [1.29, 1.82) is 0 Å². The minimum Gasteiger partial charge on any atom is -0.399 e. The van der Waals surface area contributed by atoms with Crippen molar-refractivity contribution in [3.8, 4) is 0 Å². The highest BCUT2D eigenvalue weighted by molar-refractivity contribution is 5.62. The van der Waals surface area contributed by atoms with E-state index in [-0.39, 0.29) is 0 Å². The highest BCUT2D eigenvalue weighted by Crippen LogP contribution is 2.25. The lowest BCUT2D eigenvalue weighted by atomic mass is 10.1. The normalized spacial score (nSPS) is 10.3. The number of hydrogen-bond donors (Lipinski definition) is 1. The van der Waals surface area contributed by atoms with E-state index in [4.69, 9.17) is 5.73 Å². The van der Waals surface area contributed by atoms with Crippen LogP contribution in [0.2, 0.25) is 0 Å². The second kappa shape index (κ2) is 4.36. The molecule has 1 rings (SSSR count). The summed E-state index contributed by atoms with van der Waals surface area (Å²) in [6, 6.07) is 4.24. The van der Waals surface area contributed by atoms with Gasteiger partial charge in [0.25, 0.3) is 0 Å². The molecule has 1 aromatic rings. The molecule has 0 heterocycles. The standard InChI is InChI=1S/C12H20N2/c1-5-14(6-2)12-8-9(3)11(13)7-10(12)4/h7-8H,5-6,13H2,1-4H3. The van der Waals surface area contributed by atoms with E-state index in [0.29, 0.717) is 0 Å². The van der Waals surface area contributed by atoms with Gasteiger partial charge in [-0.25, -0.2) is 0 Å². The van der Waals surface area contributed by atoms with Crippen LogP contribution in [0.3, 0.4) is 0 Å². The van der Waals surface area contributed by atoms with Crippen LogP contribution in [-0.4, -0.2) is 13.1 Å². The molecule has 1 aromatic carbocycles. The molecular formula is C12H20N2. The lowest BCUT2D eigenvalue weighted by molar-refractivity contribution is 0.861. The van der Waals surface area contributed by atoms with E-state index in [1.807, 2.05) is 0 Å². The molecule has 0 aliphatic heterocycles. The van der Waals surface area contributed by atoms with Crippen molar-refractivity contribution in [1.82, 2.24) is 0 Å². The van der Waals surface area contributed by atoms with Crippen LogP contribution in [0.4, 0.5) is 11.4 Å². The van der Waals surface area contributed by atoms with E-state index in [1.165, 1.54) is 11.3 Å². The van der Waals surface area contributed by atoms with Crippen LogP contribution in [-0.2, 0) is 0 Å². The van der Waals surface area contributed by atoms with E-state index in [1.54, 1.807) is 0 Å². The number of anilines is 2. The summed E-state index contributed by atoms with van der Waals surface area (Å²) in [6.07, 6.45) is 0. The second-order valence-electron chi connectivity index (χ2n) is 3.67. The van der Waals surface area contributed by atoms with Crippen LogP contribution in [0.25, 0.3) is 0 Å². The Morgan fingerprint density at radius 2 is 1.64 bits per heavy atom. The van der Waals surface area contributed by atoms with Crippen molar-refractivity contribution in [2.45, 2.75) is 27.7 Å². The molecule has 0 spiro atoms. The number of rotatable bonds is 3. The van der Waals surface area contributed by atoms with Crippen LogP contribution in [0.5, 0.6) is 0 Å². The summed E-state index contributed by atoms with van der Waals surface area (Å²) >= 11 is 0. The van der Waals surface area contributed by atoms with Gasteiger partial charge in [-0.15, -0.1) is 0 Å². The van der Waals surface area contributed by atoms with Crippen LogP contribution in [0.1, 0.15) is 25.0 Å². The summed E-state index contributed by atoms with van der Waals surface area (Å²) in [7, 11) is 0. The third kappa shape index (κ3) is 2.00. The third-order valence-corrected chi connectivity index (χ3v) is 2.69. The van der Waals surface area contributed by atoms with Crippen molar-refractivity contribution in [3.63, 3.8) is 0 Å². The Bertz CT molecular complexity index is 314. The molecule has 0 amide bonds. The first kappa shape index (κ1) is 10.9. The summed E-state index contributed by atoms with van der Waals surface area (Å²) < 4.78 is 0. The fraction of sp³-hybridized carbons (Fsp3) is 0.500. The number of aryl methyl sites for hydroxylation is 2. The van der Waals surface area contributed by atoms with Gasteiger partial charge >= 0.3 is 0 Å². The molecule has 2 nitrogen and oxygen atoms in total. The van der Waals surface area contributed by atoms with Gasteiger partial charge in [0.2, 0.25) is 0 Å². The predicted octanol–water partition coefficient (Wildman–Crippen LogP) is 2.73. The zero-order valence-electron chi connectivity index (χ0n) is 9.59. The fourth-order valence-electron chi connectivity index (χ4n) is 1.73. The molecule has 0 unspecified atom stereocenters. The first-order valence-corrected chi connectivity index (χ1v) is 5.21. The summed E-state index contributed by atoms with van der Waals surface area (Å²) in [5.41, 5.74) is 10.5. The largest absolute Gasteiger partial charge is 0.399 e. The number of nitrogens with zero attached hydrogens (tertiary/aromatic N) is 1. The maximum absolute atomic E-state index is 5.85. The third-order valence-electron chi connectivity index (χ3n) is 2.69. The average molecular weight is 192 g/mol. The molecule has 14 heavy (non-hydrogen) atoms. The minimum absolute atomic E-state index is 0.887. The average Bonchev–Trinajstić information content (AvgIpc) is 2.15. The van der Waals surface area contributed by atoms with Gasteiger partial charge in [-0.2, -0.15) is 0 Å². The molecule has 0 atom stereocenters. The van der Waals surface area contributed by atoms with Crippen LogP contribution < -0.4 is 10.6 Å². The Morgan fingerprint density at radius 3 is 2.14 bits per heavy atom. The zero-order chi connectivity index (χ0) is 10.7. The summed E-state index contributed by atoms with van der Waals surface area (Å²) in [5, 5.41) is 0. The smallest absolute Gasteiger partial charge is 0.0399 e. The molecule has 0 radical (unpaired) electrons. The minimum atomic E-state index is 0.887. The quantitative estimate of drug-likeness (QED) is 0.746. The highest BCUT2D eigenvalue weighted by Gasteiger charge is 2.07. The van der Waals surface area contributed by atoms with E-state index >= 15 is 0 Å². The second-order valence-corrected chi connectivity index (χ2v) is 3.67. The van der Waals surface area contributed by atoms with Crippen molar-refractivity contribution in [2.24, 2.45) is 0 Å². The van der Waals surface area contributed by atoms with Gasteiger partial charge in [0, 0.05) is 24.5 Å². The van der Waals surface area contributed by atoms with Crippen molar-refractivity contribution < 1.29 is 0 Å². The summed E-state index contributed by atoms with van der Waals surface area (Å²) in [5.74, 6) is 0. The molecule has 0 aromatic heterocycles. The Hall–Kier alpha value is -1.18. The molecule has 2 N–H and O–H groups in total. The van der Waals surface area contributed by atoms with Gasteiger partial charge in [0.1, 0.15) is 0 Å². The maximum atomic E-state index is 5.85. The van der Waals surface area contributed by atoms with Gasteiger partial charge < -0.3 is 10.6 Å². The molecule has 0 bridgehead atoms. The van der Waals surface area contributed by atoms with E-state index in [0.717, 1.165) is 24.3 Å². The molecule has 0 fully saturated rings. The molecule has 0 saturated heterocycles. The number of benzene rings is 1. The first-order valence-electron chi connectivity index (χ1n) is 5.21. The Labute approximate surface area is 86.7 Å². The molecule has 2 heteroatoms. The van der Waals surface area contributed by atoms with Crippen molar-refractivity contribution in [3.05, 3.63) is 23.3 Å². The van der Waals surface area contributed by atoms with Crippen molar-refractivity contribution >= 4 is 11.4 Å². The van der Waals surface area contributed by atoms with Crippen LogP contribution >= 0.6 is 0 Å². The topological polar surface area (TPSA) is 29.3 Å². The lowest BCUT2D eigenvalue weighted by Gasteiger charge is -2.24. The zero-order valence-corrected chi connectivity index (χ0v) is 9.59. The Balaban J connectivity index is 3.14. The van der Waals surface area contributed by atoms with E-state index < -0.39 is 0 Å². The fourth-order valence-corrected chi connectivity index (χ4v) is 1.73. The first-order chi connectivity index (χ1) is 6.60. The number of nitrogen functional groups attached to an aromatic ring is 1. The monoisotopic (exact) mass is 192 g/mol. The van der Waals surface area contributed by atoms with Gasteiger partial charge in [-0.05, 0) is 51.0 Å². The summed E-state index contributed by atoms with van der Waals surface area (Å²) in [6.45, 7) is 10.6. The van der Waals surface area contributed by atoms with Gasteiger partial charge in [0.05, 0.1) is 0 Å². The van der Waals surface area contributed by atoms with E-state index in [9.17, 15) is 0 Å². The molecule has 78 valence electrons. The summed E-state index contributed by atoms with van der Waals surface area (Å²) in [4.78, 5) is 2.35. The highest BCUT2D eigenvalue weighted by atomic mass is 15.1. The van der Waals surface area contributed by atoms with Crippen LogP contribution in [0, 0.1) is 13.8 Å². The van der Waals surface area contributed by atoms with Crippen molar-refractivity contribution in [2.75, 3.05) is 23.7 Å². The van der Waals surface area contributed by atoms with Crippen LogP contribution in [0.15, 0.2) is 12.1 Å². The molecule has 0 saturated carbocycles. The Kier molecular flexibility index (Phi) is 3.39. The lowest BCUT2D eigenvalue weighted by Crippen LogP contribution is -2.22. The number of hydrogen-bond acceptors (Lipinski definition) is 2. The van der Waals surface area contributed by atoms with Gasteiger partial charge in [0.15, 0.2) is 0 Å². The van der Waals surface area contributed by atoms with Gasteiger partial charge in [-0.1, -0.05) is 0 Å². The Morgan fingerprint density at radius 1 is 1.07 bits per heavy atom. The number of nitrogens with two attached hydrogens (primary N) is 1. The molecule has 0 aliphatic rings. The predicted molar refractivity (Wildman–Crippen MR) is 63.9 cm³/mol.